The third-order valence-corrected chi connectivity index (χ3v) is 4.64. The third-order valence-electron chi connectivity index (χ3n) is 3.27. The Morgan fingerprint density at radius 2 is 1.87 bits per heavy atom. The van der Waals surface area contributed by atoms with Crippen molar-refractivity contribution in [2.45, 2.75) is 44.6 Å². The number of nitrogens with zero attached hydrogens (tertiary/aromatic N) is 1. The van der Waals surface area contributed by atoms with Gasteiger partial charge in [0.25, 0.3) is 0 Å². The third kappa shape index (κ3) is 2.71. The maximum absolute atomic E-state index is 11.7. The predicted octanol–water partition coefficient (Wildman–Crippen LogP) is 0.929. The first-order chi connectivity index (χ1) is 6.96. The SMILES string of the molecule is CCCN(C1(CN)CCCC1)S(C)(=O)=O. The van der Waals surface area contributed by atoms with Crippen LogP contribution in [0.1, 0.15) is 39.0 Å². The summed E-state index contributed by atoms with van der Waals surface area (Å²) in [4.78, 5) is 0. The lowest BCUT2D eigenvalue weighted by Gasteiger charge is -2.38. The van der Waals surface area contributed by atoms with E-state index in [1.54, 1.807) is 4.31 Å². The Balaban J connectivity index is 2.95. The molecule has 1 rings (SSSR count). The zero-order valence-corrected chi connectivity index (χ0v) is 10.5. The Hall–Kier alpha value is -0.130. The topological polar surface area (TPSA) is 63.4 Å². The van der Waals surface area contributed by atoms with Crippen molar-refractivity contribution in [2.24, 2.45) is 5.73 Å². The van der Waals surface area contributed by atoms with Gasteiger partial charge in [0.05, 0.1) is 6.26 Å². The highest BCUT2D eigenvalue weighted by molar-refractivity contribution is 7.88. The molecule has 0 atom stereocenters. The van der Waals surface area contributed by atoms with Crippen LogP contribution in [0.25, 0.3) is 0 Å². The van der Waals surface area contributed by atoms with Gasteiger partial charge in [-0.25, -0.2) is 8.42 Å². The smallest absolute Gasteiger partial charge is 0.211 e. The Bertz CT molecular complexity index is 295. The van der Waals surface area contributed by atoms with Crippen molar-refractivity contribution in [3.63, 3.8) is 0 Å². The molecule has 90 valence electrons. The number of hydrogen-bond acceptors (Lipinski definition) is 3. The van der Waals surface area contributed by atoms with E-state index in [0.717, 1.165) is 32.1 Å². The van der Waals surface area contributed by atoms with Crippen LogP contribution >= 0.6 is 0 Å². The van der Waals surface area contributed by atoms with Gasteiger partial charge >= 0.3 is 0 Å². The highest BCUT2D eigenvalue weighted by atomic mass is 32.2. The summed E-state index contributed by atoms with van der Waals surface area (Å²) in [5.41, 5.74) is 5.50. The second-order valence-corrected chi connectivity index (χ2v) is 6.38. The van der Waals surface area contributed by atoms with Gasteiger partial charge in [0.15, 0.2) is 0 Å². The monoisotopic (exact) mass is 234 g/mol. The molecule has 0 aromatic rings. The van der Waals surface area contributed by atoms with E-state index in [2.05, 4.69) is 0 Å². The molecule has 0 aliphatic heterocycles. The van der Waals surface area contributed by atoms with Crippen molar-refractivity contribution < 1.29 is 8.42 Å². The van der Waals surface area contributed by atoms with Gasteiger partial charge in [-0.3, -0.25) is 0 Å². The molecule has 0 aromatic heterocycles. The lowest BCUT2D eigenvalue weighted by atomic mass is 9.98. The lowest BCUT2D eigenvalue weighted by molar-refractivity contribution is 0.198. The van der Waals surface area contributed by atoms with Crippen LogP contribution in [0.4, 0.5) is 0 Å². The Morgan fingerprint density at radius 3 is 2.20 bits per heavy atom. The van der Waals surface area contributed by atoms with Gasteiger partial charge in [-0.2, -0.15) is 4.31 Å². The van der Waals surface area contributed by atoms with Crippen LogP contribution in [-0.4, -0.2) is 37.6 Å². The molecule has 0 heterocycles. The van der Waals surface area contributed by atoms with E-state index in [1.807, 2.05) is 6.92 Å². The van der Waals surface area contributed by atoms with Crippen LogP contribution in [-0.2, 0) is 10.0 Å². The Labute approximate surface area is 92.9 Å². The average molecular weight is 234 g/mol. The molecule has 1 saturated carbocycles. The quantitative estimate of drug-likeness (QED) is 0.769. The second-order valence-electron chi connectivity index (χ2n) is 4.47. The van der Waals surface area contributed by atoms with Gasteiger partial charge in [-0.15, -0.1) is 0 Å². The molecule has 0 aromatic carbocycles. The molecule has 0 unspecified atom stereocenters. The van der Waals surface area contributed by atoms with Crippen LogP contribution in [0.2, 0.25) is 0 Å². The zero-order chi connectivity index (χ0) is 11.5. The van der Waals surface area contributed by atoms with Crippen LogP contribution in [0.5, 0.6) is 0 Å². The normalized spacial score (nSPS) is 21.1. The first-order valence-electron chi connectivity index (χ1n) is 5.64. The van der Waals surface area contributed by atoms with Crippen molar-refractivity contribution in [1.82, 2.24) is 4.31 Å². The Kier molecular flexibility index (Phi) is 4.14. The molecule has 2 N–H and O–H groups in total. The van der Waals surface area contributed by atoms with Gasteiger partial charge in [0.2, 0.25) is 10.0 Å². The first-order valence-corrected chi connectivity index (χ1v) is 7.49. The van der Waals surface area contributed by atoms with Gasteiger partial charge in [-0.05, 0) is 19.3 Å². The molecule has 4 nitrogen and oxygen atoms in total. The molecular formula is C10H22N2O2S. The minimum absolute atomic E-state index is 0.288. The fourth-order valence-electron chi connectivity index (χ4n) is 2.55. The first kappa shape index (κ1) is 12.9. The van der Waals surface area contributed by atoms with E-state index in [-0.39, 0.29) is 5.54 Å². The molecular weight excluding hydrogens is 212 g/mol. The minimum Gasteiger partial charge on any atom is -0.329 e. The van der Waals surface area contributed by atoms with E-state index < -0.39 is 10.0 Å². The summed E-state index contributed by atoms with van der Waals surface area (Å²) in [6.07, 6.45) is 6.14. The number of hydrogen-bond donors (Lipinski definition) is 1. The van der Waals surface area contributed by atoms with Crippen LogP contribution in [0.3, 0.4) is 0 Å². The van der Waals surface area contributed by atoms with Crippen LogP contribution < -0.4 is 5.73 Å². The van der Waals surface area contributed by atoms with Crippen molar-refractivity contribution in [3.05, 3.63) is 0 Å². The summed E-state index contributed by atoms with van der Waals surface area (Å²) >= 11 is 0. The van der Waals surface area contributed by atoms with Gasteiger partial charge in [-0.1, -0.05) is 19.8 Å². The number of rotatable bonds is 5. The fourth-order valence-corrected chi connectivity index (χ4v) is 4.02. The molecule has 1 aliphatic carbocycles. The molecule has 1 fully saturated rings. The maximum atomic E-state index is 11.7. The highest BCUT2D eigenvalue weighted by Crippen LogP contribution is 2.36. The summed E-state index contributed by atoms with van der Waals surface area (Å²) in [7, 11) is -3.13. The molecule has 0 bridgehead atoms. The van der Waals surface area contributed by atoms with E-state index in [1.165, 1.54) is 6.26 Å². The van der Waals surface area contributed by atoms with Crippen molar-refractivity contribution in [2.75, 3.05) is 19.3 Å². The van der Waals surface area contributed by atoms with Crippen molar-refractivity contribution in [1.29, 1.82) is 0 Å². The van der Waals surface area contributed by atoms with Gasteiger partial charge in [0, 0.05) is 18.6 Å². The number of nitrogens with two attached hydrogens (primary N) is 1. The molecule has 0 amide bonds. The standard InChI is InChI=1S/C10H22N2O2S/c1-3-8-12(15(2,13)14)10(9-11)6-4-5-7-10/h3-9,11H2,1-2H3. The van der Waals surface area contributed by atoms with Crippen molar-refractivity contribution >= 4 is 10.0 Å². The Morgan fingerprint density at radius 1 is 1.33 bits per heavy atom. The molecule has 5 heteroatoms. The molecule has 0 spiro atoms. The largest absolute Gasteiger partial charge is 0.329 e. The summed E-state index contributed by atoms with van der Waals surface area (Å²) in [5.74, 6) is 0. The van der Waals surface area contributed by atoms with E-state index in [0.29, 0.717) is 13.1 Å². The van der Waals surface area contributed by atoms with E-state index in [9.17, 15) is 8.42 Å². The average Bonchev–Trinajstić information content (AvgIpc) is 2.61. The highest BCUT2D eigenvalue weighted by Gasteiger charge is 2.42. The number of sulfonamides is 1. The van der Waals surface area contributed by atoms with Crippen LogP contribution in [0.15, 0.2) is 0 Å². The van der Waals surface area contributed by atoms with E-state index >= 15 is 0 Å². The zero-order valence-electron chi connectivity index (χ0n) is 9.70. The van der Waals surface area contributed by atoms with Gasteiger partial charge in [0.1, 0.15) is 0 Å². The lowest BCUT2D eigenvalue weighted by Crippen LogP contribution is -2.54. The molecule has 1 aliphatic rings. The summed E-state index contributed by atoms with van der Waals surface area (Å²) in [5, 5.41) is 0. The summed E-state index contributed by atoms with van der Waals surface area (Å²) in [6, 6.07) is 0. The summed E-state index contributed by atoms with van der Waals surface area (Å²) < 4.78 is 25.1. The maximum Gasteiger partial charge on any atom is 0.211 e. The summed E-state index contributed by atoms with van der Waals surface area (Å²) in [6.45, 7) is 3.04. The second kappa shape index (κ2) is 4.80. The molecule has 0 saturated heterocycles. The van der Waals surface area contributed by atoms with Crippen molar-refractivity contribution in [3.8, 4) is 0 Å². The van der Waals surface area contributed by atoms with Gasteiger partial charge < -0.3 is 5.73 Å². The van der Waals surface area contributed by atoms with E-state index in [4.69, 9.17) is 5.73 Å². The fraction of sp³-hybridized carbons (Fsp3) is 1.00. The predicted molar refractivity (Wildman–Crippen MR) is 62.1 cm³/mol. The molecule has 15 heavy (non-hydrogen) atoms. The molecule has 0 radical (unpaired) electrons. The van der Waals surface area contributed by atoms with Crippen LogP contribution in [0, 0.1) is 0 Å². The minimum atomic E-state index is -3.13.